The van der Waals surface area contributed by atoms with Crippen LogP contribution in [0, 0.1) is 5.82 Å². The van der Waals surface area contributed by atoms with Gasteiger partial charge in [0.05, 0.1) is 16.5 Å². The summed E-state index contributed by atoms with van der Waals surface area (Å²) < 4.78 is 19.8. The normalized spacial score (nSPS) is 13.6. The Labute approximate surface area is 165 Å². The van der Waals surface area contributed by atoms with Crippen LogP contribution >= 0.6 is 0 Å². The highest BCUT2D eigenvalue weighted by Crippen LogP contribution is 2.17. The van der Waals surface area contributed by atoms with E-state index in [0.717, 1.165) is 31.5 Å². The van der Waals surface area contributed by atoms with E-state index in [-0.39, 0.29) is 16.7 Å². The van der Waals surface area contributed by atoms with Crippen LogP contribution in [-0.4, -0.2) is 27.9 Å². The summed E-state index contributed by atoms with van der Waals surface area (Å²) in [5.41, 5.74) is 0.825. The van der Waals surface area contributed by atoms with Crippen LogP contribution in [-0.2, 0) is 17.7 Å². The molecule has 3 aromatic rings. The predicted octanol–water partition coefficient (Wildman–Crippen LogP) is 3.30. The monoisotopic (exact) mass is 394 g/mol. The molecule has 0 unspecified atom stereocenters. The quantitative estimate of drug-likeness (QED) is 0.501. The van der Waals surface area contributed by atoms with Gasteiger partial charge in [0, 0.05) is 18.5 Å². The molecule has 148 valence electrons. The van der Waals surface area contributed by atoms with Crippen molar-refractivity contribution in [3.8, 4) is 0 Å². The number of ether oxygens (including phenoxy) is 1. The largest absolute Gasteiger partial charge is 0.454 e. The Hall–Kier alpha value is -3.35. The molecule has 4 rings (SSSR count). The Bertz CT molecular complexity index is 1150. The minimum absolute atomic E-state index is 0.0988. The third kappa shape index (κ3) is 3.94. The van der Waals surface area contributed by atoms with Crippen molar-refractivity contribution in [2.75, 3.05) is 6.61 Å². The second kappa shape index (κ2) is 7.95. The van der Waals surface area contributed by atoms with Gasteiger partial charge in [-0.05, 0) is 55.3 Å². The maximum absolute atomic E-state index is 12.9. The number of ketones is 1. The Morgan fingerprint density at radius 1 is 1.03 bits per heavy atom. The topological polar surface area (TPSA) is 78.3 Å². The number of hydrogen-bond donors (Lipinski definition) is 0. The van der Waals surface area contributed by atoms with Crippen molar-refractivity contribution in [2.24, 2.45) is 0 Å². The van der Waals surface area contributed by atoms with E-state index in [0.29, 0.717) is 17.4 Å². The van der Waals surface area contributed by atoms with E-state index in [2.05, 4.69) is 4.98 Å². The van der Waals surface area contributed by atoms with Crippen molar-refractivity contribution in [1.82, 2.24) is 9.55 Å². The molecule has 0 atom stereocenters. The number of carbonyl (C=O) groups excluding carboxylic acids is 2. The summed E-state index contributed by atoms with van der Waals surface area (Å²) >= 11 is 0. The second-order valence-corrected chi connectivity index (χ2v) is 7.03. The van der Waals surface area contributed by atoms with Crippen LogP contribution in [0.4, 0.5) is 4.39 Å². The number of nitrogens with zero attached hydrogens (tertiary/aromatic N) is 2. The van der Waals surface area contributed by atoms with Gasteiger partial charge in [-0.3, -0.25) is 14.2 Å². The third-order valence-electron chi connectivity index (χ3n) is 5.05. The van der Waals surface area contributed by atoms with Crippen molar-refractivity contribution in [3.63, 3.8) is 0 Å². The van der Waals surface area contributed by atoms with Gasteiger partial charge in [0.25, 0.3) is 5.56 Å². The van der Waals surface area contributed by atoms with Crippen LogP contribution < -0.4 is 5.56 Å². The van der Waals surface area contributed by atoms with E-state index in [1.54, 1.807) is 10.6 Å². The second-order valence-electron chi connectivity index (χ2n) is 7.03. The fraction of sp³-hybridized carbons (Fsp3) is 0.273. The van der Waals surface area contributed by atoms with Crippen LogP contribution in [0.15, 0.2) is 47.3 Å². The lowest BCUT2D eigenvalue weighted by atomic mass is 10.1. The maximum atomic E-state index is 12.9. The van der Waals surface area contributed by atoms with Gasteiger partial charge < -0.3 is 4.74 Å². The van der Waals surface area contributed by atoms with Gasteiger partial charge in [-0.15, -0.1) is 0 Å². The van der Waals surface area contributed by atoms with Gasteiger partial charge in [0.2, 0.25) is 0 Å². The summed E-state index contributed by atoms with van der Waals surface area (Å²) in [5.74, 6) is -0.826. The zero-order valence-corrected chi connectivity index (χ0v) is 15.7. The first-order chi connectivity index (χ1) is 14.0. The van der Waals surface area contributed by atoms with Gasteiger partial charge >= 0.3 is 5.97 Å². The number of rotatable bonds is 4. The number of benzene rings is 2. The van der Waals surface area contributed by atoms with Crippen molar-refractivity contribution in [1.29, 1.82) is 0 Å². The van der Waals surface area contributed by atoms with Crippen molar-refractivity contribution >= 4 is 22.7 Å². The lowest BCUT2D eigenvalue weighted by Gasteiger charge is -2.11. The van der Waals surface area contributed by atoms with Gasteiger partial charge in [-0.2, -0.15) is 0 Å². The summed E-state index contributed by atoms with van der Waals surface area (Å²) in [6.45, 7) is 0.204. The van der Waals surface area contributed by atoms with E-state index in [9.17, 15) is 18.8 Å². The molecule has 0 saturated carbocycles. The molecule has 7 heteroatoms. The van der Waals surface area contributed by atoms with Crippen LogP contribution in [0.3, 0.4) is 0 Å². The number of aromatic nitrogens is 2. The Morgan fingerprint density at radius 2 is 1.79 bits per heavy atom. The summed E-state index contributed by atoms with van der Waals surface area (Å²) in [7, 11) is 0. The lowest BCUT2D eigenvalue weighted by Crippen LogP contribution is -2.24. The molecular formula is C22H19FN2O4. The summed E-state index contributed by atoms with van der Waals surface area (Å²) in [6, 6.07) is 9.61. The smallest absolute Gasteiger partial charge is 0.338 e. The number of fused-ring (bicyclic) bond motifs is 2. The molecule has 1 aromatic heterocycles. The number of carbonyl (C=O) groups is 2. The molecule has 29 heavy (non-hydrogen) atoms. The molecule has 0 amide bonds. The molecular weight excluding hydrogens is 375 g/mol. The average Bonchev–Trinajstić information content (AvgIpc) is 2.97. The van der Waals surface area contributed by atoms with Crippen LogP contribution in [0.25, 0.3) is 10.9 Å². The van der Waals surface area contributed by atoms with E-state index < -0.39 is 24.2 Å². The maximum Gasteiger partial charge on any atom is 0.338 e. The van der Waals surface area contributed by atoms with Crippen LogP contribution in [0.2, 0.25) is 0 Å². The van der Waals surface area contributed by atoms with Gasteiger partial charge in [-0.25, -0.2) is 14.2 Å². The predicted molar refractivity (Wildman–Crippen MR) is 105 cm³/mol. The van der Waals surface area contributed by atoms with Crippen molar-refractivity contribution < 1.29 is 18.7 Å². The van der Waals surface area contributed by atoms with E-state index >= 15 is 0 Å². The Morgan fingerprint density at radius 3 is 2.59 bits per heavy atom. The zero-order chi connectivity index (χ0) is 20.4. The molecule has 0 fully saturated rings. The summed E-state index contributed by atoms with van der Waals surface area (Å²) in [6.07, 6.45) is 3.71. The van der Waals surface area contributed by atoms with Gasteiger partial charge in [0.1, 0.15) is 11.6 Å². The zero-order valence-electron chi connectivity index (χ0n) is 15.7. The first kappa shape index (κ1) is 19.0. The van der Waals surface area contributed by atoms with Crippen LogP contribution in [0.5, 0.6) is 0 Å². The number of hydrogen-bond acceptors (Lipinski definition) is 5. The molecule has 0 bridgehead atoms. The highest BCUT2D eigenvalue weighted by molar-refractivity contribution is 6.00. The highest BCUT2D eigenvalue weighted by Gasteiger charge is 2.17. The van der Waals surface area contributed by atoms with Crippen molar-refractivity contribution in [3.05, 3.63) is 75.6 Å². The fourth-order valence-corrected chi connectivity index (χ4v) is 3.48. The summed E-state index contributed by atoms with van der Waals surface area (Å²) in [5, 5.41) is 0.453. The molecule has 0 spiro atoms. The molecule has 0 saturated heterocycles. The fourth-order valence-electron chi connectivity index (χ4n) is 3.48. The molecule has 0 radical (unpaired) electrons. The molecule has 1 aliphatic rings. The van der Waals surface area contributed by atoms with Gasteiger partial charge in [0.15, 0.2) is 12.4 Å². The van der Waals surface area contributed by atoms with Crippen molar-refractivity contribution in [2.45, 2.75) is 32.2 Å². The van der Waals surface area contributed by atoms with E-state index in [4.69, 9.17) is 4.74 Å². The first-order valence-electron chi connectivity index (χ1n) is 9.52. The number of halogens is 1. The lowest BCUT2D eigenvalue weighted by molar-refractivity contribution is 0.0475. The standard InChI is InChI=1S/C22H19FN2O4/c23-16-8-5-14(6-9-16)19(26)13-29-22(28)15-7-10-17-18(12-15)24-20-4-2-1-3-11-25(20)21(17)27/h5-10,12H,1-4,11,13H2. The minimum atomic E-state index is -0.681. The van der Waals surface area contributed by atoms with Crippen LogP contribution in [0.1, 0.15) is 45.8 Å². The average molecular weight is 394 g/mol. The molecule has 2 heterocycles. The molecule has 6 nitrogen and oxygen atoms in total. The molecule has 2 aromatic carbocycles. The third-order valence-corrected chi connectivity index (χ3v) is 5.05. The Kier molecular flexibility index (Phi) is 5.20. The number of esters is 1. The molecule has 0 aliphatic carbocycles. The molecule has 0 N–H and O–H groups in total. The minimum Gasteiger partial charge on any atom is -0.454 e. The number of Topliss-reactive ketones (excluding diaryl/α,β-unsaturated/α-hetero) is 1. The van der Waals surface area contributed by atoms with E-state index in [1.165, 1.54) is 36.4 Å². The SMILES string of the molecule is O=C(COC(=O)c1ccc2c(=O)n3c(nc2c1)CCCCC3)c1ccc(F)cc1. The first-order valence-corrected chi connectivity index (χ1v) is 9.52. The van der Waals surface area contributed by atoms with E-state index in [1.807, 2.05) is 0 Å². The van der Waals surface area contributed by atoms with Gasteiger partial charge in [-0.1, -0.05) is 6.42 Å². The highest BCUT2D eigenvalue weighted by atomic mass is 19.1. The Balaban J connectivity index is 1.54. The molecule has 1 aliphatic heterocycles. The summed E-state index contributed by atoms with van der Waals surface area (Å²) in [4.78, 5) is 41.8. The number of aryl methyl sites for hydroxylation is 1.